The standard InChI is InChI=1S/C18H20N2O4S3/c1-3-23-17(25)19-13-7-5-9-15(11-13)27(21,22)16-10-6-8-14(12-16)20-18(26)24-4-2/h5-12H,3-4H2,1-2H3,(H,19,25)(H,20,26). The number of hydrogen-bond acceptors (Lipinski definition) is 6. The van der Waals surface area contributed by atoms with Gasteiger partial charge in [-0.2, -0.15) is 0 Å². The van der Waals surface area contributed by atoms with Gasteiger partial charge in [-0.3, -0.25) is 0 Å². The summed E-state index contributed by atoms with van der Waals surface area (Å²) in [4.78, 5) is 0.271. The summed E-state index contributed by atoms with van der Waals surface area (Å²) < 4.78 is 36.3. The maximum absolute atomic E-state index is 13.0. The van der Waals surface area contributed by atoms with Crippen LogP contribution in [0, 0.1) is 0 Å². The minimum atomic E-state index is -3.73. The normalized spacial score (nSPS) is 10.7. The van der Waals surface area contributed by atoms with Gasteiger partial charge in [-0.25, -0.2) is 8.42 Å². The molecule has 0 spiro atoms. The molecule has 6 nitrogen and oxygen atoms in total. The fraction of sp³-hybridized carbons (Fsp3) is 0.222. The van der Waals surface area contributed by atoms with Gasteiger partial charge in [0.25, 0.3) is 10.3 Å². The number of ether oxygens (including phenoxy) is 2. The molecular weight excluding hydrogens is 404 g/mol. The molecule has 0 radical (unpaired) electrons. The number of rotatable bonds is 6. The molecule has 2 rings (SSSR count). The largest absolute Gasteiger partial charge is 0.471 e. The zero-order chi connectivity index (χ0) is 19.9. The van der Waals surface area contributed by atoms with Crippen molar-refractivity contribution in [1.29, 1.82) is 0 Å². The van der Waals surface area contributed by atoms with E-state index in [-0.39, 0.29) is 20.1 Å². The van der Waals surface area contributed by atoms with Gasteiger partial charge in [0.15, 0.2) is 0 Å². The van der Waals surface area contributed by atoms with Crippen molar-refractivity contribution in [3.63, 3.8) is 0 Å². The molecule has 27 heavy (non-hydrogen) atoms. The van der Waals surface area contributed by atoms with Crippen molar-refractivity contribution in [2.24, 2.45) is 0 Å². The molecule has 0 fully saturated rings. The minimum Gasteiger partial charge on any atom is -0.471 e. The molecule has 9 heteroatoms. The second-order valence-electron chi connectivity index (χ2n) is 5.25. The Morgan fingerprint density at radius 3 is 1.63 bits per heavy atom. The van der Waals surface area contributed by atoms with E-state index in [1.165, 1.54) is 24.3 Å². The Kier molecular flexibility index (Phi) is 7.52. The number of anilines is 2. The van der Waals surface area contributed by atoms with Crippen LogP contribution in [0.3, 0.4) is 0 Å². The number of sulfone groups is 1. The molecule has 0 heterocycles. The number of benzene rings is 2. The highest BCUT2D eigenvalue weighted by molar-refractivity contribution is 7.91. The van der Waals surface area contributed by atoms with E-state index in [1.54, 1.807) is 24.3 Å². The molecule has 0 amide bonds. The van der Waals surface area contributed by atoms with Crippen molar-refractivity contribution in [3.8, 4) is 0 Å². The van der Waals surface area contributed by atoms with E-state index >= 15 is 0 Å². The van der Waals surface area contributed by atoms with Gasteiger partial charge in [0, 0.05) is 11.4 Å². The molecule has 2 N–H and O–H groups in total. The molecule has 0 saturated heterocycles. The van der Waals surface area contributed by atoms with Gasteiger partial charge >= 0.3 is 0 Å². The third-order valence-electron chi connectivity index (χ3n) is 3.33. The van der Waals surface area contributed by atoms with Crippen molar-refractivity contribution in [3.05, 3.63) is 48.5 Å². The lowest BCUT2D eigenvalue weighted by molar-refractivity contribution is 0.335. The smallest absolute Gasteiger partial charge is 0.261 e. The molecule has 2 aromatic carbocycles. The maximum Gasteiger partial charge on any atom is 0.261 e. The molecule has 2 aromatic rings. The van der Waals surface area contributed by atoms with Gasteiger partial charge in [-0.1, -0.05) is 12.1 Å². The summed E-state index contributed by atoms with van der Waals surface area (Å²) in [5.74, 6) is 0. The van der Waals surface area contributed by atoms with Crippen LogP contribution in [-0.2, 0) is 19.3 Å². The molecule has 144 valence electrons. The molecule has 0 bridgehead atoms. The highest BCUT2D eigenvalue weighted by Gasteiger charge is 2.19. The summed E-state index contributed by atoms with van der Waals surface area (Å²) in [6.07, 6.45) is 0. The lowest BCUT2D eigenvalue weighted by Crippen LogP contribution is -2.14. The first kappa shape index (κ1) is 21.1. The van der Waals surface area contributed by atoms with Crippen LogP contribution in [0.15, 0.2) is 58.3 Å². The Bertz CT molecular complexity index is 860. The summed E-state index contributed by atoms with van der Waals surface area (Å²) >= 11 is 10.1. The van der Waals surface area contributed by atoms with E-state index in [0.29, 0.717) is 24.6 Å². The van der Waals surface area contributed by atoms with Crippen molar-refractivity contribution < 1.29 is 17.9 Å². The predicted octanol–water partition coefficient (Wildman–Crippen LogP) is 3.99. The minimum absolute atomic E-state index is 0.135. The topological polar surface area (TPSA) is 76.7 Å². The van der Waals surface area contributed by atoms with Gasteiger partial charge in [-0.05, 0) is 74.7 Å². The first-order valence-corrected chi connectivity index (χ1v) is 10.5. The molecule has 0 unspecified atom stereocenters. The van der Waals surface area contributed by atoms with Crippen molar-refractivity contribution >= 4 is 56.0 Å². The van der Waals surface area contributed by atoms with Crippen LogP contribution >= 0.6 is 24.4 Å². The van der Waals surface area contributed by atoms with Gasteiger partial charge in [0.2, 0.25) is 9.84 Å². The van der Waals surface area contributed by atoms with Gasteiger partial charge < -0.3 is 20.1 Å². The van der Waals surface area contributed by atoms with E-state index in [2.05, 4.69) is 10.6 Å². The van der Waals surface area contributed by atoms with Crippen LogP contribution in [-0.4, -0.2) is 32.0 Å². The molecular formula is C18H20N2O4S3. The fourth-order valence-electron chi connectivity index (χ4n) is 2.19. The van der Waals surface area contributed by atoms with Gasteiger partial charge in [0.05, 0.1) is 23.0 Å². The Balaban J connectivity index is 2.28. The maximum atomic E-state index is 13.0. The molecule has 0 atom stereocenters. The van der Waals surface area contributed by atoms with Crippen LogP contribution in [0.5, 0.6) is 0 Å². The lowest BCUT2D eigenvalue weighted by atomic mass is 10.3. The zero-order valence-electron chi connectivity index (χ0n) is 14.9. The number of hydrogen-bond donors (Lipinski definition) is 2. The Hall–Kier alpha value is -2.23. The Labute approximate surface area is 169 Å². The van der Waals surface area contributed by atoms with Crippen molar-refractivity contribution in [2.45, 2.75) is 23.6 Å². The molecule has 0 aliphatic heterocycles. The second-order valence-corrected chi connectivity index (χ2v) is 7.94. The highest BCUT2D eigenvalue weighted by Crippen LogP contribution is 2.25. The first-order valence-electron chi connectivity index (χ1n) is 8.19. The first-order chi connectivity index (χ1) is 12.9. The Morgan fingerprint density at radius 1 is 0.852 bits per heavy atom. The van der Waals surface area contributed by atoms with E-state index in [9.17, 15) is 8.42 Å². The SMILES string of the molecule is CCOC(=S)Nc1cccc(S(=O)(=O)c2cccc(NC(=S)OCC)c2)c1. The van der Waals surface area contributed by atoms with Crippen molar-refractivity contribution in [2.75, 3.05) is 23.8 Å². The van der Waals surface area contributed by atoms with Crippen LogP contribution in [0.4, 0.5) is 11.4 Å². The van der Waals surface area contributed by atoms with Crippen LogP contribution in [0.2, 0.25) is 0 Å². The fourth-order valence-corrected chi connectivity index (χ4v) is 4.01. The second kappa shape index (κ2) is 9.63. The average molecular weight is 425 g/mol. The summed E-state index contributed by atoms with van der Waals surface area (Å²) in [5.41, 5.74) is 1.06. The van der Waals surface area contributed by atoms with Crippen molar-refractivity contribution in [1.82, 2.24) is 0 Å². The van der Waals surface area contributed by atoms with E-state index in [1.807, 2.05) is 13.8 Å². The van der Waals surface area contributed by atoms with E-state index in [4.69, 9.17) is 33.9 Å². The molecule has 0 aliphatic carbocycles. The summed E-state index contributed by atoms with van der Waals surface area (Å²) in [6.45, 7) is 4.47. The van der Waals surface area contributed by atoms with Crippen LogP contribution in [0.1, 0.15) is 13.8 Å². The van der Waals surface area contributed by atoms with Crippen LogP contribution < -0.4 is 10.6 Å². The van der Waals surface area contributed by atoms with E-state index in [0.717, 1.165) is 0 Å². The van der Waals surface area contributed by atoms with Crippen LogP contribution in [0.25, 0.3) is 0 Å². The number of thiocarbonyl (C=S) groups is 2. The molecule has 0 aromatic heterocycles. The predicted molar refractivity (Wildman–Crippen MR) is 114 cm³/mol. The van der Waals surface area contributed by atoms with E-state index < -0.39 is 9.84 Å². The summed E-state index contributed by atoms with van der Waals surface area (Å²) in [5, 5.41) is 6.08. The number of nitrogens with one attached hydrogen (secondary N) is 2. The Morgan fingerprint density at radius 2 is 1.26 bits per heavy atom. The molecule has 0 aliphatic rings. The average Bonchev–Trinajstić information content (AvgIpc) is 2.62. The van der Waals surface area contributed by atoms with Gasteiger partial charge in [0.1, 0.15) is 0 Å². The van der Waals surface area contributed by atoms with Gasteiger partial charge in [-0.15, -0.1) is 0 Å². The monoisotopic (exact) mass is 424 g/mol. The quantitative estimate of drug-likeness (QED) is 0.674. The lowest BCUT2D eigenvalue weighted by Gasteiger charge is -2.12. The third-order valence-corrected chi connectivity index (χ3v) is 5.52. The summed E-state index contributed by atoms with van der Waals surface area (Å²) in [7, 11) is -3.73. The highest BCUT2D eigenvalue weighted by atomic mass is 32.2. The zero-order valence-corrected chi connectivity index (χ0v) is 17.3. The summed E-state index contributed by atoms with van der Waals surface area (Å²) in [6, 6.07) is 12.7. The molecule has 0 saturated carbocycles. The third kappa shape index (κ3) is 5.88.